The lowest BCUT2D eigenvalue weighted by Gasteiger charge is -2.23. The SMILES string of the molecule is O=C(Nc1ccccc1CN(Cc1ccccn1)Cc1ccccn1)c1ccc(CN(Cc2ccccn2)Cc2ccccn2)nc1. The van der Waals surface area contributed by atoms with Crippen molar-refractivity contribution in [2.75, 3.05) is 5.32 Å². The van der Waals surface area contributed by atoms with Gasteiger partial charge in [0.25, 0.3) is 5.91 Å². The number of carbonyl (C=O) groups excluding carboxylic acids is 1. The van der Waals surface area contributed by atoms with Crippen molar-refractivity contribution in [2.45, 2.75) is 39.3 Å². The van der Waals surface area contributed by atoms with Crippen LogP contribution in [0.25, 0.3) is 0 Å². The molecule has 1 aromatic carbocycles. The molecule has 47 heavy (non-hydrogen) atoms. The van der Waals surface area contributed by atoms with E-state index < -0.39 is 0 Å². The summed E-state index contributed by atoms with van der Waals surface area (Å²) >= 11 is 0. The molecule has 0 aliphatic rings. The first-order valence-electron chi connectivity index (χ1n) is 15.6. The molecular formula is C38H36N8O. The van der Waals surface area contributed by atoms with Gasteiger partial charge in [-0.05, 0) is 72.3 Å². The van der Waals surface area contributed by atoms with Gasteiger partial charge in [-0.25, -0.2) is 0 Å². The molecule has 5 heterocycles. The van der Waals surface area contributed by atoms with E-state index in [1.807, 2.05) is 109 Å². The molecule has 0 spiro atoms. The maximum atomic E-state index is 13.4. The first-order chi connectivity index (χ1) is 23.2. The monoisotopic (exact) mass is 620 g/mol. The maximum absolute atomic E-state index is 13.4. The normalized spacial score (nSPS) is 11.1. The molecule has 9 heteroatoms. The van der Waals surface area contributed by atoms with E-state index in [2.05, 4.69) is 40.0 Å². The predicted molar refractivity (Wildman–Crippen MR) is 181 cm³/mol. The minimum absolute atomic E-state index is 0.212. The van der Waals surface area contributed by atoms with E-state index in [1.165, 1.54) is 0 Å². The van der Waals surface area contributed by atoms with Crippen molar-refractivity contribution in [1.82, 2.24) is 34.7 Å². The molecule has 0 fully saturated rings. The van der Waals surface area contributed by atoms with E-state index in [1.54, 1.807) is 31.0 Å². The third-order valence-corrected chi connectivity index (χ3v) is 7.58. The zero-order chi connectivity index (χ0) is 32.1. The molecule has 0 saturated heterocycles. The number of hydrogen-bond acceptors (Lipinski definition) is 8. The number of rotatable bonds is 14. The van der Waals surface area contributed by atoms with Gasteiger partial charge in [-0.15, -0.1) is 0 Å². The lowest BCUT2D eigenvalue weighted by molar-refractivity contribution is 0.102. The van der Waals surface area contributed by atoms with Crippen molar-refractivity contribution in [3.8, 4) is 0 Å². The van der Waals surface area contributed by atoms with Crippen molar-refractivity contribution in [2.24, 2.45) is 0 Å². The summed E-state index contributed by atoms with van der Waals surface area (Å²) in [7, 11) is 0. The highest BCUT2D eigenvalue weighted by Crippen LogP contribution is 2.21. The average molecular weight is 621 g/mol. The zero-order valence-corrected chi connectivity index (χ0v) is 26.1. The van der Waals surface area contributed by atoms with Crippen LogP contribution in [0.5, 0.6) is 0 Å². The van der Waals surface area contributed by atoms with Crippen LogP contribution in [0.2, 0.25) is 0 Å². The van der Waals surface area contributed by atoms with Gasteiger partial charge in [0.2, 0.25) is 0 Å². The molecule has 1 amide bonds. The summed E-state index contributed by atoms with van der Waals surface area (Å²) in [6.45, 7) is 3.76. The number of para-hydroxylation sites is 1. The third-order valence-electron chi connectivity index (χ3n) is 7.58. The van der Waals surface area contributed by atoms with E-state index in [0.717, 1.165) is 39.7 Å². The van der Waals surface area contributed by atoms with Crippen LogP contribution in [0, 0.1) is 0 Å². The number of aromatic nitrogens is 5. The van der Waals surface area contributed by atoms with Gasteiger partial charge in [-0.3, -0.25) is 39.5 Å². The molecule has 0 saturated carbocycles. The van der Waals surface area contributed by atoms with Gasteiger partial charge in [-0.2, -0.15) is 0 Å². The lowest BCUT2D eigenvalue weighted by Crippen LogP contribution is -2.25. The molecule has 0 aliphatic carbocycles. The Morgan fingerprint density at radius 3 is 1.32 bits per heavy atom. The number of benzene rings is 1. The summed E-state index contributed by atoms with van der Waals surface area (Å²) in [5.74, 6) is -0.212. The molecule has 6 rings (SSSR count). The highest BCUT2D eigenvalue weighted by atomic mass is 16.1. The van der Waals surface area contributed by atoms with Crippen LogP contribution in [0.4, 0.5) is 5.69 Å². The maximum Gasteiger partial charge on any atom is 0.257 e. The van der Waals surface area contributed by atoms with Gasteiger partial charge in [0.15, 0.2) is 0 Å². The van der Waals surface area contributed by atoms with Crippen LogP contribution in [0.1, 0.15) is 44.4 Å². The Morgan fingerprint density at radius 1 is 0.468 bits per heavy atom. The molecule has 0 atom stereocenters. The standard InChI is InChI=1S/C38H36N8O/c47-38(30-17-18-36(43-23-30)29-46(27-34-14-5-9-21-41-34)28-35-15-6-10-22-42-35)44-37-16-2-1-11-31(37)24-45(25-32-12-3-7-19-39-32)26-33-13-4-8-20-40-33/h1-23H,24-29H2,(H,44,47). The van der Waals surface area contributed by atoms with Crippen molar-refractivity contribution >= 4 is 11.6 Å². The van der Waals surface area contributed by atoms with Crippen molar-refractivity contribution in [3.63, 3.8) is 0 Å². The molecule has 5 aromatic heterocycles. The number of pyridine rings is 5. The summed E-state index contributed by atoms with van der Waals surface area (Å²) in [5, 5.41) is 3.12. The molecule has 1 N–H and O–H groups in total. The number of nitrogens with one attached hydrogen (secondary N) is 1. The van der Waals surface area contributed by atoms with Crippen LogP contribution >= 0.6 is 0 Å². The molecular weight excluding hydrogens is 584 g/mol. The van der Waals surface area contributed by atoms with Gasteiger partial charge in [0, 0.05) is 75.9 Å². The Kier molecular flexibility index (Phi) is 10.7. The van der Waals surface area contributed by atoms with Crippen molar-refractivity contribution < 1.29 is 4.79 Å². The minimum atomic E-state index is -0.212. The molecule has 0 radical (unpaired) electrons. The second-order valence-corrected chi connectivity index (χ2v) is 11.2. The largest absolute Gasteiger partial charge is 0.322 e. The second-order valence-electron chi connectivity index (χ2n) is 11.2. The lowest BCUT2D eigenvalue weighted by atomic mass is 10.1. The number of hydrogen-bond donors (Lipinski definition) is 1. The summed E-state index contributed by atoms with van der Waals surface area (Å²) in [6.07, 6.45) is 8.86. The smallest absolute Gasteiger partial charge is 0.257 e. The van der Waals surface area contributed by atoms with Gasteiger partial charge in [0.05, 0.1) is 34.0 Å². The van der Waals surface area contributed by atoms with Gasteiger partial charge < -0.3 is 5.32 Å². The fourth-order valence-electron chi connectivity index (χ4n) is 5.32. The number of carbonyl (C=O) groups is 1. The topological polar surface area (TPSA) is 100 Å². The fraction of sp³-hybridized carbons (Fsp3) is 0.158. The van der Waals surface area contributed by atoms with E-state index in [4.69, 9.17) is 0 Å². The number of amides is 1. The first kappa shape index (κ1) is 31.3. The molecule has 9 nitrogen and oxygen atoms in total. The summed E-state index contributed by atoms with van der Waals surface area (Å²) in [5.41, 5.74) is 6.97. The van der Waals surface area contributed by atoms with Crippen LogP contribution < -0.4 is 5.32 Å². The highest BCUT2D eigenvalue weighted by molar-refractivity contribution is 6.04. The van der Waals surface area contributed by atoms with Gasteiger partial charge in [-0.1, -0.05) is 42.5 Å². The molecule has 0 aliphatic heterocycles. The van der Waals surface area contributed by atoms with E-state index in [0.29, 0.717) is 44.8 Å². The van der Waals surface area contributed by atoms with E-state index in [9.17, 15) is 4.79 Å². The second kappa shape index (κ2) is 16.1. The van der Waals surface area contributed by atoms with Gasteiger partial charge in [0.1, 0.15) is 0 Å². The quantitative estimate of drug-likeness (QED) is 0.151. The van der Waals surface area contributed by atoms with E-state index >= 15 is 0 Å². The van der Waals surface area contributed by atoms with Crippen molar-refractivity contribution in [3.05, 3.63) is 180 Å². The van der Waals surface area contributed by atoms with Gasteiger partial charge >= 0.3 is 0 Å². The molecule has 234 valence electrons. The Labute approximate surface area is 275 Å². The van der Waals surface area contributed by atoms with Crippen LogP contribution in [0.3, 0.4) is 0 Å². The zero-order valence-electron chi connectivity index (χ0n) is 26.1. The summed E-state index contributed by atoms with van der Waals surface area (Å²) in [6, 6.07) is 35.3. The Bertz CT molecular complexity index is 1740. The van der Waals surface area contributed by atoms with Crippen LogP contribution in [-0.4, -0.2) is 40.6 Å². The predicted octanol–water partition coefficient (Wildman–Crippen LogP) is 6.32. The Morgan fingerprint density at radius 2 is 0.894 bits per heavy atom. The minimum Gasteiger partial charge on any atom is -0.322 e. The average Bonchev–Trinajstić information content (AvgIpc) is 3.11. The van der Waals surface area contributed by atoms with E-state index in [-0.39, 0.29) is 5.91 Å². The third kappa shape index (κ3) is 9.43. The fourth-order valence-corrected chi connectivity index (χ4v) is 5.32. The molecule has 0 bridgehead atoms. The van der Waals surface area contributed by atoms with Crippen molar-refractivity contribution in [1.29, 1.82) is 0 Å². The number of anilines is 1. The number of nitrogens with zero attached hydrogens (tertiary/aromatic N) is 7. The Hall–Kier alpha value is -5.64. The summed E-state index contributed by atoms with van der Waals surface area (Å²) < 4.78 is 0. The summed E-state index contributed by atoms with van der Waals surface area (Å²) in [4.78, 5) is 40.7. The highest BCUT2D eigenvalue weighted by Gasteiger charge is 2.16. The Balaban J connectivity index is 1.14. The molecule has 0 unspecified atom stereocenters. The first-order valence-corrected chi connectivity index (χ1v) is 15.6. The van der Waals surface area contributed by atoms with Crippen LogP contribution in [-0.2, 0) is 39.3 Å². The van der Waals surface area contributed by atoms with Crippen LogP contribution in [0.15, 0.2) is 140 Å². The molecule has 6 aromatic rings.